The molecule has 0 radical (unpaired) electrons. The quantitative estimate of drug-likeness (QED) is 0.800. The Morgan fingerprint density at radius 1 is 1.24 bits per heavy atom. The van der Waals surface area contributed by atoms with Crippen LogP contribution in [0.1, 0.15) is 36.0 Å². The largest absolute Gasteiger partial charge is 0.486 e. The lowest BCUT2D eigenvalue weighted by Crippen LogP contribution is -2.39. The summed E-state index contributed by atoms with van der Waals surface area (Å²) < 4.78 is 11.0. The number of hydrogen-bond acceptors (Lipinski definition) is 4. The number of amides is 1. The molecule has 1 fully saturated rings. The van der Waals surface area contributed by atoms with Gasteiger partial charge >= 0.3 is 0 Å². The fourth-order valence-corrected chi connectivity index (χ4v) is 3.00. The fraction of sp³-hybridized carbons (Fsp3) is 0.500. The zero-order valence-corrected chi connectivity index (χ0v) is 11.9. The van der Waals surface area contributed by atoms with E-state index in [0.29, 0.717) is 30.3 Å². The first-order valence-corrected chi connectivity index (χ1v) is 7.37. The third-order valence-corrected chi connectivity index (χ3v) is 4.06. The number of nitriles is 1. The number of rotatable bonds is 3. The van der Waals surface area contributed by atoms with Crippen molar-refractivity contribution in [2.45, 2.75) is 31.7 Å². The molecule has 0 atom stereocenters. The maximum absolute atomic E-state index is 12.7. The molecular weight excluding hydrogens is 268 g/mol. The van der Waals surface area contributed by atoms with Gasteiger partial charge in [0.25, 0.3) is 5.91 Å². The summed E-state index contributed by atoms with van der Waals surface area (Å²) in [5.74, 6) is 1.18. The van der Waals surface area contributed by atoms with Crippen molar-refractivity contribution in [3.63, 3.8) is 0 Å². The molecule has 0 saturated heterocycles. The maximum Gasteiger partial charge on any atom is 0.255 e. The van der Waals surface area contributed by atoms with E-state index < -0.39 is 0 Å². The van der Waals surface area contributed by atoms with Crippen LogP contribution < -0.4 is 9.47 Å². The summed E-state index contributed by atoms with van der Waals surface area (Å²) in [7, 11) is 0. The topological polar surface area (TPSA) is 62.6 Å². The number of carbonyl (C=O) groups is 1. The molecule has 1 aliphatic heterocycles. The van der Waals surface area contributed by atoms with Crippen molar-refractivity contribution in [1.82, 2.24) is 4.90 Å². The molecule has 1 aromatic carbocycles. The molecule has 1 heterocycles. The number of fused-ring (bicyclic) bond motifs is 1. The summed E-state index contributed by atoms with van der Waals surface area (Å²) in [4.78, 5) is 14.4. The van der Waals surface area contributed by atoms with E-state index in [2.05, 4.69) is 6.07 Å². The van der Waals surface area contributed by atoms with Gasteiger partial charge in [0.15, 0.2) is 11.5 Å². The highest BCUT2D eigenvalue weighted by Gasteiger charge is 2.28. The van der Waals surface area contributed by atoms with Gasteiger partial charge in [-0.3, -0.25) is 4.79 Å². The highest BCUT2D eigenvalue weighted by molar-refractivity contribution is 5.95. The molecule has 0 spiro atoms. The van der Waals surface area contributed by atoms with Gasteiger partial charge in [-0.2, -0.15) is 5.26 Å². The number of hydrogen-bond donors (Lipinski definition) is 0. The molecule has 110 valence electrons. The lowest BCUT2D eigenvalue weighted by molar-refractivity contribution is 0.0708. The Hall–Kier alpha value is -2.22. The molecule has 2 aliphatic rings. The van der Waals surface area contributed by atoms with Crippen LogP contribution in [0.25, 0.3) is 0 Å². The summed E-state index contributed by atoms with van der Waals surface area (Å²) in [6, 6.07) is 7.52. The van der Waals surface area contributed by atoms with E-state index in [-0.39, 0.29) is 18.5 Å². The Balaban J connectivity index is 1.83. The molecule has 0 N–H and O–H groups in total. The van der Waals surface area contributed by atoms with Crippen LogP contribution in [-0.4, -0.2) is 36.6 Å². The third-order valence-electron chi connectivity index (χ3n) is 4.06. The molecule has 0 bridgehead atoms. The Morgan fingerprint density at radius 3 is 2.67 bits per heavy atom. The lowest BCUT2D eigenvalue weighted by Gasteiger charge is -2.27. The van der Waals surface area contributed by atoms with Crippen LogP contribution in [0.5, 0.6) is 11.5 Å². The van der Waals surface area contributed by atoms with Crippen LogP contribution >= 0.6 is 0 Å². The fourth-order valence-electron chi connectivity index (χ4n) is 3.00. The van der Waals surface area contributed by atoms with Crippen molar-refractivity contribution in [3.8, 4) is 17.6 Å². The molecule has 5 heteroatoms. The Bertz CT molecular complexity index is 573. The van der Waals surface area contributed by atoms with Crippen LogP contribution in [0, 0.1) is 11.3 Å². The molecule has 3 rings (SSSR count). The summed E-state index contributed by atoms with van der Waals surface area (Å²) in [6.07, 6.45) is 4.22. The van der Waals surface area contributed by atoms with Gasteiger partial charge in [-0.1, -0.05) is 12.8 Å². The van der Waals surface area contributed by atoms with Crippen LogP contribution in [0.3, 0.4) is 0 Å². The van der Waals surface area contributed by atoms with E-state index in [1.807, 2.05) is 0 Å². The molecule has 0 unspecified atom stereocenters. The second-order valence-corrected chi connectivity index (χ2v) is 5.39. The Kier molecular flexibility index (Phi) is 3.96. The molecule has 5 nitrogen and oxygen atoms in total. The van der Waals surface area contributed by atoms with Crippen LogP contribution in [0.15, 0.2) is 18.2 Å². The second-order valence-electron chi connectivity index (χ2n) is 5.39. The molecule has 1 aromatic rings. The highest BCUT2D eigenvalue weighted by Crippen LogP contribution is 2.32. The average molecular weight is 286 g/mol. The van der Waals surface area contributed by atoms with Gasteiger partial charge in [-0.15, -0.1) is 0 Å². The summed E-state index contributed by atoms with van der Waals surface area (Å²) in [5.41, 5.74) is 0.557. The van der Waals surface area contributed by atoms with E-state index in [0.717, 1.165) is 25.7 Å². The van der Waals surface area contributed by atoms with Crippen LogP contribution in [0.4, 0.5) is 0 Å². The second kappa shape index (κ2) is 6.04. The lowest BCUT2D eigenvalue weighted by atomic mass is 10.1. The van der Waals surface area contributed by atoms with Crippen LogP contribution in [-0.2, 0) is 0 Å². The summed E-state index contributed by atoms with van der Waals surface area (Å²) in [5, 5.41) is 9.00. The Morgan fingerprint density at radius 2 is 1.95 bits per heavy atom. The zero-order chi connectivity index (χ0) is 14.7. The maximum atomic E-state index is 12.7. The summed E-state index contributed by atoms with van der Waals surface area (Å²) >= 11 is 0. The summed E-state index contributed by atoms with van der Waals surface area (Å²) in [6.45, 7) is 1.16. The van der Waals surface area contributed by atoms with E-state index in [9.17, 15) is 4.79 Å². The van der Waals surface area contributed by atoms with Gasteiger partial charge in [0.1, 0.15) is 19.8 Å². The zero-order valence-electron chi connectivity index (χ0n) is 11.9. The van der Waals surface area contributed by atoms with Crippen molar-refractivity contribution in [3.05, 3.63) is 23.8 Å². The van der Waals surface area contributed by atoms with Crippen LogP contribution in [0.2, 0.25) is 0 Å². The number of carbonyl (C=O) groups excluding carboxylic acids is 1. The molecule has 1 amide bonds. The van der Waals surface area contributed by atoms with Gasteiger partial charge in [0, 0.05) is 11.6 Å². The van der Waals surface area contributed by atoms with Gasteiger partial charge in [0.2, 0.25) is 0 Å². The normalized spacial score (nSPS) is 17.3. The van der Waals surface area contributed by atoms with Gasteiger partial charge in [-0.05, 0) is 31.0 Å². The van der Waals surface area contributed by atoms with Gasteiger partial charge in [-0.25, -0.2) is 0 Å². The number of benzene rings is 1. The smallest absolute Gasteiger partial charge is 0.255 e. The average Bonchev–Trinajstić information content (AvgIpc) is 3.05. The predicted octanol–water partition coefficient (Wildman–Crippen LogP) is 2.37. The minimum absolute atomic E-state index is 0.0968. The first kappa shape index (κ1) is 13.7. The first-order valence-electron chi connectivity index (χ1n) is 7.37. The van der Waals surface area contributed by atoms with Crippen molar-refractivity contribution >= 4 is 5.91 Å². The minimum atomic E-state index is -0.0968. The molecule has 0 aromatic heterocycles. The first-order chi connectivity index (χ1) is 10.3. The van der Waals surface area contributed by atoms with E-state index in [4.69, 9.17) is 14.7 Å². The van der Waals surface area contributed by atoms with Crippen molar-refractivity contribution < 1.29 is 14.3 Å². The van der Waals surface area contributed by atoms with Crippen molar-refractivity contribution in [1.29, 1.82) is 5.26 Å². The monoisotopic (exact) mass is 286 g/mol. The highest BCUT2D eigenvalue weighted by atomic mass is 16.6. The standard InChI is InChI=1S/C16H18N2O3/c17-7-8-18(13-3-1-2-4-13)16(19)12-5-6-14-15(11-12)21-10-9-20-14/h5-6,11,13H,1-4,8-10H2. The third kappa shape index (κ3) is 2.80. The molecule has 1 aliphatic carbocycles. The van der Waals surface area contributed by atoms with E-state index >= 15 is 0 Å². The number of nitrogens with zero attached hydrogens (tertiary/aromatic N) is 2. The van der Waals surface area contributed by atoms with E-state index in [1.54, 1.807) is 23.1 Å². The van der Waals surface area contributed by atoms with Crippen molar-refractivity contribution in [2.75, 3.05) is 19.8 Å². The van der Waals surface area contributed by atoms with Gasteiger partial charge < -0.3 is 14.4 Å². The Labute approximate surface area is 124 Å². The van der Waals surface area contributed by atoms with E-state index in [1.165, 1.54) is 0 Å². The molecular formula is C16H18N2O3. The number of ether oxygens (including phenoxy) is 2. The van der Waals surface area contributed by atoms with Gasteiger partial charge in [0.05, 0.1) is 6.07 Å². The molecule has 1 saturated carbocycles. The van der Waals surface area contributed by atoms with Crippen molar-refractivity contribution in [2.24, 2.45) is 0 Å². The SMILES string of the molecule is N#CCN(C(=O)c1ccc2c(c1)OCCO2)C1CCCC1. The predicted molar refractivity (Wildman–Crippen MR) is 76.3 cm³/mol. The minimum Gasteiger partial charge on any atom is -0.486 e. The molecule has 21 heavy (non-hydrogen) atoms.